The third kappa shape index (κ3) is 1.40. The summed E-state index contributed by atoms with van der Waals surface area (Å²) in [5.41, 5.74) is 0.969. The Balaban J connectivity index is 2.66. The van der Waals surface area contributed by atoms with Gasteiger partial charge in [0.1, 0.15) is 0 Å². The Hall–Kier alpha value is -0.380. The molecule has 0 spiro atoms. The molecule has 0 amide bonds. The molecule has 0 radical (unpaired) electrons. The first-order valence-electron chi connectivity index (χ1n) is 3.58. The molecule has 0 aliphatic heterocycles. The molecule has 0 bridgehead atoms. The van der Waals surface area contributed by atoms with E-state index in [1.54, 1.807) is 11.3 Å². The predicted octanol–water partition coefficient (Wildman–Crippen LogP) is 3.16. The molecule has 2 rings (SSSR count). The van der Waals surface area contributed by atoms with Gasteiger partial charge >= 0.3 is 0 Å². The number of halogens is 1. The van der Waals surface area contributed by atoms with Crippen LogP contribution in [0.2, 0.25) is 0 Å². The smallest absolute Gasteiger partial charge is 0.0711 e. The summed E-state index contributed by atoms with van der Waals surface area (Å²) < 4.78 is 2.35. The van der Waals surface area contributed by atoms with Crippen molar-refractivity contribution >= 4 is 37.4 Å². The zero-order valence-corrected chi connectivity index (χ0v) is 8.65. The molecule has 1 aromatic carbocycles. The Morgan fingerprint density at radius 3 is 2.92 bits per heavy atom. The van der Waals surface area contributed by atoms with Gasteiger partial charge < -0.3 is 5.11 Å². The van der Waals surface area contributed by atoms with Gasteiger partial charge in [0.15, 0.2) is 0 Å². The fourth-order valence-corrected chi connectivity index (χ4v) is 2.76. The SMILES string of the molecule is OCc1ccc2cc(Br)sc2c1. The van der Waals surface area contributed by atoms with Crippen molar-refractivity contribution in [1.29, 1.82) is 0 Å². The molecular formula is C9H7BrOS. The second-order valence-electron chi connectivity index (χ2n) is 2.58. The highest BCUT2D eigenvalue weighted by Gasteiger charge is 1.99. The van der Waals surface area contributed by atoms with Crippen LogP contribution in [0.3, 0.4) is 0 Å². The minimum absolute atomic E-state index is 0.117. The number of rotatable bonds is 1. The van der Waals surface area contributed by atoms with E-state index in [0.717, 1.165) is 9.35 Å². The van der Waals surface area contributed by atoms with Gasteiger partial charge in [-0.25, -0.2) is 0 Å². The summed E-state index contributed by atoms with van der Waals surface area (Å²) in [6.07, 6.45) is 0. The maximum Gasteiger partial charge on any atom is 0.0711 e. The van der Waals surface area contributed by atoms with Gasteiger partial charge in [-0.2, -0.15) is 0 Å². The second kappa shape index (κ2) is 3.17. The van der Waals surface area contributed by atoms with Crippen LogP contribution < -0.4 is 0 Å². The lowest BCUT2D eigenvalue weighted by atomic mass is 10.2. The number of thiophene rings is 1. The number of aliphatic hydroxyl groups excluding tert-OH is 1. The summed E-state index contributed by atoms with van der Waals surface area (Å²) in [5.74, 6) is 0. The largest absolute Gasteiger partial charge is 0.392 e. The van der Waals surface area contributed by atoms with Crippen LogP contribution in [-0.2, 0) is 6.61 Å². The average Bonchev–Trinajstić information content (AvgIpc) is 2.43. The second-order valence-corrected chi connectivity index (χ2v) is 5.04. The van der Waals surface area contributed by atoms with Gasteiger partial charge in [0.25, 0.3) is 0 Å². The Labute approximate surface area is 82.8 Å². The third-order valence-corrected chi connectivity index (χ3v) is 3.34. The van der Waals surface area contributed by atoms with Crippen LogP contribution in [0.1, 0.15) is 5.56 Å². The summed E-state index contributed by atoms with van der Waals surface area (Å²) in [5, 5.41) is 10.1. The summed E-state index contributed by atoms with van der Waals surface area (Å²) in [6.45, 7) is 0.117. The van der Waals surface area contributed by atoms with E-state index < -0.39 is 0 Å². The molecule has 62 valence electrons. The Morgan fingerprint density at radius 2 is 2.17 bits per heavy atom. The highest BCUT2D eigenvalue weighted by molar-refractivity contribution is 9.11. The third-order valence-electron chi connectivity index (χ3n) is 1.74. The summed E-state index contributed by atoms with van der Waals surface area (Å²) in [7, 11) is 0. The minimum Gasteiger partial charge on any atom is -0.392 e. The maximum absolute atomic E-state index is 8.90. The lowest BCUT2D eigenvalue weighted by Gasteiger charge is -1.93. The first kappa shape index (κ1) is 8.23. The van der Waals surface area contributed by atoms with Crippen molar-refractivity contribution in [2.24, 2.45) is 0 Å². The average molecular weight is 243 g/mol. The lowest BCUT2D eigenvalue weighted by Crippen LogP contribution is -1.79. The van der Waals surface area contributed by atoms with Crippen molar-refractivity contribution in [3.05, 3.63) is 33.6 Å². The first-order valence-corrected chi connectivity index (χ1v) is 5.19. The van der Waals surface area contributed by atoms with Crippen molar-refractivity contribution in [2.45, 2.75) is 6.61 Å². The zero-order chi connectivity index (χ0) is 8.55. The zero-order valence-electron chi connectivity index (χ0n) is 6.25. The maximum atomic E-state index is 8.90. The Morgan fingerprint density at radius 1 is 1.33 bits per heavy atom. The molecule has 1 heterocycles. The fourth-order valence-electron chi connectivity index (χ4n) is 1.14. The van der Waals surface area contributed by atoms with E-state index in [2.05, 4.69) is 22.0 Å². The van der Waals surface area contributed by atoms with E-state index in [9.17, 15) is 0 Å². The van der Waals surface area contributed by atoms with Crippen molar-refractivity contribution in [1.82, 2.24) is 0 Å². The standard InChI is InChI=1S/C9H7BrOS/c10-9-4-7-2-1-6(5-11)3-8(7)12-9/h1-4,11H,5H2. The van der Waals surface area contributed by atoms with Crippen LogP contribution in [0.25, 0.3) is 10.1 Å². The topological polar surface area (TPSA) is 20.2 Å². The molecule has 0 aliphatic carbocycles. The van der Waals surface area contributed by atoms with Gasteiger partial charge in [-0.05, 0) is 39.0 Å². The minimum atomic E-state index is 0.117. The summed E-state index contributed by atoms with van der Waals surface area (Å²) in [4.78, 5) is 0. The van der Waals surface area contributed by atoms with Crippen molar-refractivity contribution in [3.63, 3.8) is 0 Å². The van der Waals surface area contributed by atoms with Crippen LogP contribution in [0.5, 0.6) is 0 Å². The molecule has 12 heavy (non-hydrogen) atoms. The molecule has 0 unspecified atom stereocenters. The van der Waals surface area contributed by atoms with Gasteiger partial charge in [0, 0.05) is 4.70 Å². The fraction of sp³-hybridized carbons (Fsp3) is 0.111. The van der Waals surface area contributed by atoms with Crippen molar-refractivity contribution < 1.29 is 5.11 Å². The van der Waals surface area contributed by atoms with Gasteiger partial charge in [0.2, 0.25) is 0 Å². The van der Waals surface area contributed by atoms with Gasteiger partial charge in [-0.3, -0.25) is 0 Å². The van der Waals surface area contributed by atoms with Crippen molar-refractivity contribution in [3.8, 4) is 0 Å². The van der Waals surface area contributed by atoms with Gasteiger partial charge in [-0.15, -0.1) is 11.3 Å². The monoisotopic (exact) mass is 242 g/mol. The normalized spacial score (nSPS) is 10.8. The molecular weight excluding hydrogens is 236 g/mol. The molecule has 1 aromatic heterocycles. The van der Waals surface area contributed by atoms with Gasteiger partial charge in [-0.1, -0.05) is 12.1 Å². The van der Waals surface area contributed by atoms with E-state index in [4.69, 9.17) is 5.11 Å². The van der Waals surface area contributed by atoms with E-state index >= 15 is 0 Å². The molecule has 0 fully saturated rings. The predicted molar refractivity (Wildman–Crippen MR) is 55.4 cm³/mol. The number of hydrogen-bond donors (Lipinski definition) is 1. The molecule has 0 aliphatic rings. The number of aliphatic hydroxyl groups is 1. The summed E-state index contributed by atoms with van der Waals surface area (Å²) >= 11 is 5.11. The van der Waals surface area contributed by atoms with Crippen LogP contribution in [0.15, 0.2) is 28.1 Å². The van der Waals surface area contributed by atoms with Gasteiger partial charge in [0.05, 0.1) is 10.4 Å². The van der Waals surface area contributed by atoms with E-state index in [1.165, 1.54) is 10.1 Å². The van der Waals surface area contributed by atoms with Crippen LogP contribution in [0.4, 0.5) is 0 Å². The molecule has 3 heteroatoms. The summed E-state index contributed by atoms with van der Waals surface area (Å²) in [6, 6.07) is 8.08. The molecule has 0 saturated carbocycles. The Bertz CT molecular complexity index is 408. The van der Waals surface area contributed by atoms with E-state index in [-0.39, 0.29) is 6.61 Å². The molecule has 1 N–H and O–H groups in total. The molecule has 0 saturated heterocycles. The highest BCUT2D eigenvalue weighted by atomic mass is 79.9. The highest BCUT2D eigenvalue weighted by Crippen LogP contribution is 2.30. The molecule has 1 nitrogen and oxygen atoms in total. The number of hydrogen-bond acceptors (Lipinski definition) is 2. The van der Waals surface area contributed by atoms with Crippen LogP contribution in [0, 0.1) is 0 Å². The first-order chi connectivity index (χ1) is 5.79. The molecule has 0 atom stereocenters. The Kier molecular flexibility index (Phi) is 2.17. The van der Waals surface area contributed by atoms with E-state index in [0.29, 0.717) is 0 Å². The number of benzene rings is 1. The van der Waals surface area contributed by atoms with Crippen molar-refractivity contribution in [2.75, 3.05) is 0 Å². The van der Waals surface area contributed by atoms with Crippen LogP contribution >= 0.6 is 27.3 Å². The lowest BCUT2D eigenvalue weighted by molar-refractivity contribution is 0.282. The van der Waals surface area contributed by atoms with Crippen LogP contribution in [-0.4, -0.2) is 5.11 Å². The van der Waals surface area contributed by atoms with E-state index in [1.807, 2.05) is 18.2 Å². The quantitative estimate of drug-likeness (QED) is 0.815. The molecule has 2 aromatic rings. The number of fused-ring (bicyclic) bond motifs is 1.